The van der Waals surface area contributed by atoms with Crippen LogP contribution in [-0.2, 0) is 4.57 Å². The molecule has 1 saturated heterocycles. The zero-order valence-corrected chi connectivity index (χ0v) is 19.7. The van der Waals surface area contributed by atoms with Crippen LogP contribution in [0.15, 0.2) is 97.1 Å². The van der Waals surface area contributed by atoms with Crippen LogP contribution < -0.4 is 20.8 Å². The van der Waals surface area contributed by atoms with Gasteiger partial charge in [0.2, 0.25) is 0 Å². The Morgan fingerprint density at radius 1 is 0.781 bits per heavy atom. The summed E-state index contributed by atoms with van der Waals surface area (Å²) in [5, 5.41) is 5.14. The smallest absolute Gasteiger partial charge is 0.173 e. The maximum atomic E-state index is 15.3. The van der Waals surface area contributed by atoms with Crippen molar-refractivity contribution in [3.8, 4) is 0 Å². The molecule has 0 radical (unpaired) electrons. The number of rotatable bonds is 5. The molecule has 0 aromatic heterocycles. The highest BCUT2D eigenvalue weighted by Gasteiger charge is 2.37. The molecule has 1 fully saturated rings. The zero-order chi connectivity index (χ0) is 22.1. The van der Waals surface area contributed by atoms with Gasteiger partial charge in [0.15, 0.2) is 7.14 Å². The van der Waals surface area contributed by atoms with E-state index in [-0.39, 0.29) is 0 Å². The number of nitrogens with zero attached hydrogens (tertiary/aromatic N) is 1. The quantitative estimate of drug-likeness (QED) is 0.350. The van der Waals surface area contributed by atoms with Gasteiger partial charge in [-0.3, -0.25) is 0 Å². The van der Waals surface area contributed by atoms with E-state index < -0.39 is 7.14 Å². The standard InChI is InChI=1S/C29H30NOP/c1-22(2)27-18-11-21-30(27)29-26-17-10-9-12-23(26)19-20-28(29)32(31,24-13-5-3-6-14-24)25-15-7-4-8-16-25/h3-10,12-17,19-20,22,27H,11,18,21H2,1-2H3/t27-/m0/s1. The fourth-order valence-electron chi connectivity index (χ4n) is 5.27. The summed E-state index contributed by atoms with van der Waals surface area (Å²) in [4.78, 5) is 2.56. The fraction of sp³-hybridized carbons (Fsp3) is 0.241. The van der Waals surface area contributed by atoms with E-state index in [1.807, 2.05) is 60.7 Å². The second kappa shape index (κ2) is 8.60. The molecule has 162 valence electrons. The summed E-state index contributed by atoms with van der Waals surface area (Å²) < 4.78 is 15.3. The molecule has 0 unspecified atom stereocenters. The molecule has 4 aromatic carbocycles. The lowest BCUT2D eigenvalue weighted by atomic mass is 10.0. The topological polar surface area (TPSA) is 20.3 Å². The van der Waals surface area contributed by atoms with Crippen LogP contribution in [0, 0.1) is 5.92 Å². The molecule has 0 N–H and O–H groups in total. The zero-order valence-electron chi connectivity index (χ0n) is 18.8. The Labute approximate surface area is 191 Å². The number of fused-ring (bicyclic) bond motifs is 1. The van der Waals surface area contributed by atoms with Gasteiger partial charge < -0.3 is 9.46 Å². The van der Waals surface area contributed by atoms with Gasteiger partial charge in [0, 0.05) is 33.9 Å². The van der Waals surface area contributed by atoms with Crippen molar-refractivity contribution in [3.63, 3.8) is 0 Å². The first-order chi connectivity index (χ1) is 15.6. The second-order valence-corrected chi connectivity index (χ2v) is 11.8. The molecule has 4 aromatic rings. The number of hydrogen-bond acceptors (Lipinski definition) is 2. The van der Waals surface area contributed by atoms with E-state index in [0.29, 0.717) is 12.0 Å². The van der Waals surface area contributed by atoms with E-state index in [9.17, 15) is 0 Å². The molecule has 1 atom stereocenters. The minimum absolute atomic E-state index is 0.458. The van der Waals surface area contributed by atoms with Gasteiger partial charge in [-0.2, -0.15) is 0 Å². The Morgan fingerprint density at radius 2 is 1.38 bits per heavy atom. The highest BCUT2D eigenvalue weighted by Crippen LogP contribution is 2.48. The van der Waals surface area contributed by atoms with Crippen molar-refractivity contribution in [2.45, 2.75) is 32.7 Å². The van der Waals surface area contributed by atoms with Crippen molar-refractivity contribution in [1.82, 2.24) is 0 Å². The second-order valence-electron chi connectivity index (χ2n) is 9.08. The van der Waals surface area contributed by atoms with Crippen LogP contribution in [-0.4, -0.2) is 12.6 Å². The first-order valence-corrected chi connectivity index (χ1v) is 13.3. The Balaban J connectivity index is 1.85. The SMILES string of the molecule is CC(C)[C@@H]1CCCN1c1c(P(=O)(c2ccccc2)c2ccccc2)ccc2ccccc12. The third kappa shape index (κ3) is 3.48. The Kier molecular flexibility index (Phi) is 5.66. The van der Waals surface area contributed by atoms with Gasteiger partial charge >= 0.3 is 0 Å². The number of benzene rings is 4. The monoisotopic (exact) mass is 439 g/mol. The van der Waals surface area contributed by atoms with Gasteiger partial charge in [0.25, 0.3) is 0 Å². The maximum absolute atomic E-state index is 15.3. The molecule has 1 heterocycles. The van der Waals surface area contributed by atoms with Gasteiger partial charge in [-0.05, 0) is 30.2 Å². The van der Waals surface area contributed by atoms with Gasteiger partial charge in [0.1, 0.15) is 0 Å². The van der Waals surface area contributed by atoms with Crippen LogP contribution in [0.5, 0.6) is 0 Å². The van der Waals surface area contributed by atoms with Crippen molar-refractivity contribution in [2.24, 2.45) is 5.92 Å². The summed E-state index contributed by atoms with van der Waals surface area (Å²) in [5.41, 5.74) is 1.16. The molecule has 0 saturated carbocycles. The molecule has 0 amide bonds. The van der Waals surface area contributed by atoms with Gasteiger partial charge in [0.05, 0.1) is 5.69 Å². The van der Waals surface area contributed by atoms with Crippen molar-refractivity contribution in [2.75, 3.05) is 11.4 Å². The van der Waals surface area contributed by atoms with Crippen LogP contribution in [0.3, 0.4) is 0 Å². The molecule has 0 bridgehead atoms. The minimum Gasteiger partial charge on any atom is -0.367 e. The predicted octanol–water partition coefficient (Wildman–Crippen LogP) is 6.10. The Bertz CT molecular complexity index is 1220. The number of hydrogen-bond donors (Lipinski definition) is 0. The van der Waals surface area contributed by atoms with E-state index >= 15 is 4.57 Å². The largest absolute Gasteiger partial charge is 0.367 e. The summed E-state index contributed by atoms with van der Waals surface area (Å²) >= 11 is 0. The molecule has 1 aliphatic heterocycles. The molecule has 5 rings (SSSR count). The summed E-state index contributed by atoms with van der Waals surface area (Å²) in [5.74, 6) is 0.539. The lowest BCUT2D eigenvalue weighted by molar-refractivity contribution is 0.493. The molecule has 32 heavy (non-hydrogen) atoms. The highest BCUT2D eigenvalue weighted by atomic mass is 31.2. The van der Waals surface area contributed by atoms with E-state index in [4.69, 9.17) is 0 Å². The first kappa shape index (κ1) is 21.0. The average molecular weight is 440 g/mol. The molecule has 0 spiro atoms. The molecule has 3 heteroatoms. The van der Waals surface area contributed by atoms with E-state index in [1.165, 1.54) is 23.6 Å². The molecular weight excluding hydrogens is 409 g/mol. The molecule has 0 aliphatic carbocycles. The fourth-order valence-corrected chi connectivity index (χ4v) is 8.14. The lowest BCUT2D eigenvalue weighted by Crippen LogP contribution is -2.38. The van der Waals surface area contributed by atoms with Crippen molar-refractivity contribution >= 4 is 39.5 Å². The van der Waals surface area contributed by atoms with Crippen molar-refractivity contribution in [1.29, 1.82) is 0 Å². The summed E-state index contributed by atoms with van der Waals surface area (Å²) in [6.07, 6.45) is 2.35. The van der Waals surface area contributed by atoms with Crippen LogP contribution in [0.1, 0.15) is 26.7 Å². The van der Waals surface area contributed by atoms with Crippen molar-refractivity contribution < 1.29 is 4.57 Å². The van der Waals surface area contributed by atoms with E-state index in [0.717, 1.165) is 28.1 Å². The predicted molar refractivity (Wildman–Crippen MR) is 139 cm³/mol. The normalized spacial score (nSPS) is 16.7. The summed E-state index contributed by atoms with van der Waals surface area (Å²) in [7, 11) is -3.07. The van der Waals surface area contributed by atoms with E-state index in [2.05, 4.69) is 55.1 Å². The van der Waals surface area contributed by atoms with Crippen molar-refractivity contribution in [3.05, 3.63) is 97.1 Å². The minimum atomic E-state index is -3.07. The van der Waals surface area contributed by atoms with Crippen LogP contribution >= 0.6 is 7.14 Å². The van der Waals surface area contributed by atoms with E-state index in [1.54, 1.807) is 0 Å². The molecule has 1 aliphatic rings. The Hall–Kier alpha value is -2.83. The highest BCUT2D eigenvalue weighted by molar-refractivity contribution is 7.85. The lowest BCUT2D eigenvalue weighted by Gasteiger charge is -2.34. The third-order valence-electron chi connectivity index (χ3n) is 6.81. The molecule has 2 nitrogen and oxygen atoms in total. The molecular formula is C29H30NOP. The van der Waals surface area contributed by atoms with Crippen LogP contribution in [0.4, 0.5) is 5.69 Å². The van der Waals surface area contributed by atoms with Crippen LogP contribution in [0.25, 0.3) is 10.8 Å². The van der Waals surface area contributed by atoms with Crippen LogP contribution in [0.2, 0.25) is 0 Å². The van der Waals surface area contributed by atoms with Gasteiger partial charge in [-0.1, -0.05) is 105 Å². The van der Waals surface area contributed by atoms with Gasteiger partial charge in [-0.15, -0.1) is 0 Å². The summed E-state index contributed by atoms with van der Waals surface area (Å²) in [6, 6.07) is 33.4. The van der Waals surface area contributed by atoms with Gasteiger partial charge in [-0.25, -0.2) is 0 Å². The maximum Gasteiger partial charge on any atom is 0.173 e. The Morgan fingerprint density at radius 3 is 2.00 bits per heavy atom. The summed E-state index contributed by atoms with van der Waals surface area (Å²) in [6.45, 7) is 5.62. The number of anilines is 1. The average Bonchev–Trinajstić information content (AvgIpc) is 3.34. The third-order valence-corrected chi connectivity index (χ3v) is 9.90. The first-order valence-electron chi connectivity index (χ1n) is 11.6.